The normalized spacial score (nSPS) is 10.5. The molecule has 1 rings (SSSR count). The van der Waals surface area contributed by atoms with Gasteiger partial charge in [-0.25, -0.2) is 0 Å². The zero-order valence-electron chi connectivity index (χ0n) is 8.37. The van der Waals surface area contributed by atoms with Gasteiger partial charge in [-0.1, -0.05) is 12.1 Å². The molecule has 1 aromatic rings. The molecule has 1 aromatic carbocycles. The Labute approximate surface area is 91.4 Å². The summed E-state index contributed by atoms with van der Waals surface area (Å²) in [6.07, 6.45) is 1.38. The standard InChI is InChI=1S/C10H10N2O4/c13-10(14)4-5-11-7-8-2-1-3-9(6-8)12(15)16/h1-3,6-7H,4-5H2,(H,13,14). The fourth-order valence-electron chi connectivity index (χ4n) is 1.05. The minimum atomic E-state index is -0.920. The molecule has 0 saturated heterocycles. The van der Waals surface area contributed by atoms with Crippen molar-refractivity contribution in [3.63, 3.8) is 0 Å². The third kappa shape index (κ3) is 3.87. The molecule has 0 saturated carbocycles. The monoisotopic (exact) mass is 222 g/mol. The van der Waals surface area contributed by atoms with Crippen molar-refractivity contribution >= 4 is 17.9 Å². The van der Waals surface area contributed by atoms with Gasteiger partial charge >= 0.3 is 5.97 Å². The molecule has 0 unspecified atom stereocenters. The number of nitro benzene ring substituents is 1. The molecule has 0 heterocycles. The first-order valence-electron chi connectivity index (χ1n) is 4.55. The molecule has 1 N–H and O–H groups in total. The summed E-state index contributed by atoms with van der Waals surface area (Å²) in [5.41, 5.74) is 0.571. The predicted molar refractivity (Wildman–Crippen MR) is 57.8 cm³/mol. The van der Waals surface area contributed by atoms with Crippen molar-refractivity contribution in [1.29, 1.82) is 0 Å². The highest BCUT2D eigenvalue weighted by atomic mass is 16.6. The molecular weight excluding hydrogens is 212 g/mol. The minimum Gasteiger partial charge on any atom is -0.481 e. The second kappa shape index (κ2) is 5.59. The van der Waals surface area contributed by atoms with E-state index in [2.05, 4.69) is 4.99 Å². The Hall–Kier alpha value is -2.24. The zero-order chi connectivity index (χ0) is 12.0. The molecule has 0 amide bonds. The van der Waals surface area contributed by atoms with Crippen molar-refractivity contribution in [3.05, 3.63) is 39.9 Å². The van der Waals surface area contributed by atoms with Crippen LogP contribution < -0.4 is 0 Å². The fraction of sp³-hybridized carbons (Fsp3) is 0.200. The molecule has 0 spiro atoms. The van der Waals surface area contributed by atoms with Gasteiger partial charge in [-0.15, -0.1) is 0 Å². The highest BCUT2D eigenvalue weighted by Crippen LogP contribution is 2.11. The van der Waals surface area contributed by atoms with Crippen LogP contribution in [0.5, 0.6) is 0 Å². The van der Waals surface area contributed by atoms with Crippen LogP contribution in [0, 0.1) is 10.1 Å². The summed E-state index contributed by atoms with van der Waals surface area (Å²) >= 11 is 0. The first kappa shape index (κ1) is 11.8. The Kier molecular flexibility index (Phi) is 4.14. The molecule has 0 aliphatic carbocycles. The summed E-state index contributed by atoms with van der Waals surface area (Å²) in [5, 5.41) is 18.8. The van der Waals surface area contributed by atoms with Gasteiger partial charge in [-0.05, 0) is 5.56 Å². The number of hydrogen-bond acceptors (Lipinski definition) is 4. The molecule has 84 valence electrons. The van der Waals surface area contributed by atoms with E-state index in [0.29, 0.717) is 5.56 Å². The SMILES string of the molecule is O=C(O)CCN=Cc1cccc([N+](=O)[O-])c1. The van der Waals surface area contributed by atoms with E-state index < -0.39 is 10.9 Å². The van der Waals surface area contributed by atoms with E-state index >= 15 is 0 Å². The van der Waals surface area contributed by atoms with Crippen LogP contribution in [0.3, 0.4) is 0 Å². The highest BCUT2D eigenvalue weighted by Gasteiger charge is 2.03. The molecule has 0 bridgehead atoms. The summed E-state index contributed by atoms with van der Waals surface area (Å²) in [6, 6.07) is 5.98. The first-order valence-corrected chi connectivity index (χ1v) is 4.55. The number of carboxylic acids is 1. The van der Waals surface area contributed by atoms with Gasteiger partial charge < -0.3 is 5.11 Å². The van der Waals surface area contributed by atoms with Gasteiger partial charge in [0.2, 0.25) is 0 Å². The Morgan fingerprint density at radius 3 is 2.94 bits per heavy atom. The van der Waals surface area contributed by atoms with Crippen molar-refractivity contribution in [2.45, 2.75) is 6.42 Å². The van der Waals surface area contributed by atoms with Crippen molar-refractivity contribution in [2.75, 3.05) is 6.54 Å². The second-order valence-electron chi connectivity index (χ2n) is 3.03. The van der Waals surface area contributed by atoms with Gasteiger partial charge in [0, 0.05) is 24.9 Å². The number of hydrogen-bond donors (Lipinski definition) is 1. The van der Waals surface area contributed by atoms with E-state index in [1.165, 1.54) is 18.3 Å². The molecule has 0 aliphatic heterocycles. The summed E-state index contributed by atoms with van der Waals surface area (Å²) in [5.74, 6) is -0.920. The van der Waals surface area contributed by atoms with Gasteiger partial charge in [0.15, 0.2) is 0 Å². The van der Waals surface area contributed by atoms with E-state index in [4.69, 9.17) is 5.11 Å². The van der Waals surface area contributed by atoms with Gasteiger partial charge in [0.05, 0.1) is 11.3 Å². The Morgan fingerprint density at radius 1 is 1.56 bits per heavy atom. The molecule has 0 aromatic heterocycles. The van der Waals surface area contributed by atoms with Crippen molar-refractivity contribution in [2.24, 2.45) is 4.99 Å². The van der Waals surface area contributed by atoms with E-state index in [1.54, 1.807) is 12.1 Å². The van der Waals surface area contributed by atoms with Gasteiger partial charge in [-0.3, -0.25) is 19.9 Å². The van der Waals surface area contributed by atoms with Crippen LogP contribution in [0.15, 0.2) is 29.3 Å². The molecule has 0 fully saturated rings. The Balaban J connectivity index is 2.63. The average Bonchev–Trinajstić information content (AvgIpc) is 2.24. The predicted octanol–water partition coefficient (Wildman–Crippen LogP) is 1.49. The zero-order valence-corrected chi connectivity index (χ0v) is 8.37. The minimum absolute atomic E-state index is 0.0119. The first-order chi connectivity index (χ1) is 7.59. The lowest BCUT2D eigenvalue weighted by Crippen LogP contribution is -1.97. The van der Waals surface area contributed by atoms with E-state index in [1.807, 2.05) is 0 Å². The third-order valence-corrected chi connectivity index (χ3v) is 1.78. The van der Waals surface area contributed by atoms with Crippen molar-refractivity contribution < 1.29 is 14.8 Å². The van der Waals surface area contributed by atoms with Crippen LogP contribution in [0.25, 0.3) is 0 Å². The maximum atomic E-state index is 10.5. The molecule has 0 radical (unpaired) electrons. The van der Waals surface area contributed by atoms with Crippen LogP contribution in [0.2, 0.25) is 0 Å². The van der Waals surface area contributed by atoms with Gasteiger partial charge in [0.25, 0.3) is 5.69 Å². The number of non-ortho nitro benzene ring substituents is 1. The third-order valence-electron chi connectivity index (χ3n) is 1.78. The summed E-state index contributed by atoms with van der Waals surface area (Å²) in [4.78, 5) is 24.0. The maximum absolute atomic E-state index is 10.5. The molecular formula is C10H10N2O4. The van der Waals surface area contributed by atoms with E-state index in [9.17, 15) is 14.9 Å². The summed E-state index contributed by atoms with van der Waals surface area (Å²) < 4.78 is 0. The smallest absolute Gasteiger partial charge is 0.305 e. The molecule has 6 nitrogen and oxygen atoms in total. The van der Waals surface area contributed by atoms with Gasteiger partial charge in [0.1, 0.15) is 0 Å². The fourth-order valence-corrected chi connectivity index (χ4v) is 1.05. The van der Waals surface area contributed by atoms with Crippen LogP contribution >= 0.6 is 0 Å². The molecule has 0 atom stereocenters. The van der Waals surface area contributed by atoms with E-state index in [-0.39, 0.29) is 18.7 Å². The molecule has 0 aliphatic rings. The topological polar surface area (TPSA) is 92.8 Å². The average molecular weight is 222 g/mol. The number of nitro groups is 1. The van der Waals surface area contributed by atoms with Crippen LogP contribution in [-0.2, 0) is 4.79 Å². The highest BCUT2D eigenvalue weighted by molar-refractivity contribution is 5.80. The Bertz CT molecular complexity index is 429. The van der Waals surface area contributed by atoms with E-state index in [0.717, 1.165) is 0 Å². The molecule has 16 heavy (non-hydrogen) atoms. The van der Waals surface area contributed by atoms with Crippen LogP contribution in [0.4, 0.5) is 5.69 Å². The lowest BCUT2D eigenvalue weighted by Gasteiger charge is -1.93. The number of benzene rings is 1. The number of carboxylic acid groups (broad SMARTS) is 1. The quantitative estimate of drug-likeness (QED) is 0.464. The largest absolute Gasteiger partial charge is 0.481 e. The second-order valence-corrected chi connectivity index (χ2v) is 3.03. The lowest BCUT2D eigenvalue weighted by atomic mass is 10.2. The van der Waals surface area contributed by atoms with Crippen LogP contribution in [-0.4, -0.2) is 28.8 Å². The maximum Gasteiger partial charge on any atom is 0.305 e. The number of nitrogens with zero attached hydrogens (tertiary/aromatic N) is 2. The van der Waals surface area contributed by atoms with Gasteiger partial charge in [-0.2, -0.15) is 0 Å². The Morgan fingerprint density at radius 2 is 2.31 bits per heavy atom. The summed E-state index contributed by atoms with van der Waals surface area (Å²) in [6.45, 7) is 0.165. The van der Waals surface area contributed by atoms with Crippen molar-refractivity contribution in [1.82, 2.24) is 0 Å². The number of carbonyl (C=O) groups is 1. The number of rotatable bonds is 5. The number of aliphatic carboxylic acids is 1. The summed E-state index contributed by atoms with van der Waals surface area (Å²) in [7, 11) is 0. The molecule has 6 heteroatoms. The number of aliphatic imine (C=N–C) groups is 1. The van der Waals surface area contributed by atoms with Crippen molar-refractivity contribution in [3.8, 4) is 0 Å². The lowest BCUT2D eigenvalue weighted by molar-refractivity contribution is -0.384. The van der Waals surface area contributed by atoms with Crippen LogP contribution in [0.1, 0.15) is 12.0 Å².